The summed E-state index contributed by atoms with van der Waals surface area (Å²) in [5.41, 5.74) is -0.300. The van der Waals surface area contributed by atoms with E-state index in [1.807, 2.05) is 20.8 Å². The summed E-state index contributed by atoms with van der Waals surface area (Å²) >= 11 is 0. The van der Waals surface area contributed by atoms with Gasteiger partial charge in [0.15, 0.2) is 0 Å². The topological polar surface area (TPSA) is 26.3 Å². The number of hydrogen-bond acceptors (Lipinski definition) is 2. The summed E-state index contributed by atoms with van der Waals surface area (Å²) in [6, 6.07) is 0. The first kappa shape index (κ1) is 10.7. The van der Waals surface area contributed by atoms with Crippen molar-refractivity contribution in [2.24, 2.45) is 17.3 Å². The van der Waals surface area contributed by atoms with E-state index < -0.39 is 0 Å². The Labute approximate surface area is 91.7 Å². The van der Waals surface area contributed by atoms with E-state index in [-0.39, 0.29) is 22.9 Å². The van der Waals surface area contributed by atoms with Gasteiger partial charge in [-0.2, -0.15) is 0 Å². The highest BCUT2D eigenvalue weighted by Gasteiger charge is 2.49. The number of carbonyl (C=O) groups excluding carboxylic acids is 1. The molecule has 2 aliphatic carbocycles. The van der Waals surface area contributed by atoms with E-state index in [2.05, 4.69) is 19.1 Å². The number of carbonyl (C=O) groups is 1. The molecule has 0 aromatic heterocycles. The monoisotopic (exact) mass is 208 g/mol. The Kier molecular flexibility index (Phi) is 2.21. The van der Waals surface area contributed by atoms with Crippen LogP contribution in [0.15, 0.2) is 12.2 Å². The number of hydrogen-bond donors (Lipinski definition) is 0. The number of ether oxygens (including phenoxy) is 1. The summed E-state index contributed by atoms with van der Waals surface area (Å²) in [6.07, 6.45) is 6.55. The Balaban J connectivity index is 2.07. The van der Waals surface area contributed by atoms with Gasteiger partial charge < -0.3 is 4.74 Å². The Morgan fingerprint density at radius 3 is 2.53 bits per heavy atom. The molecule has 0 saturated heterocycles. The van der Waals surface area contributed by atoms with Crippen LogP contribution in [0.3, 0.4) is 0 Å². The van der Waals surface area contributed by atoms with Gasteiger partial charge in [-0.3, -0.25) is 4.79 Å². The van der Waals surface area contributed by atoms with Gasteiger partial charge in [0.05, 0.1) is 5.92 Å². The molecule has 0 aromatic rings. The average molecular weight is 208 g/mol. The standard InChI is InChI=1S/C13H20O2/c1-12(2,3)15-11(14)10-7-9-5-6-13(10,4)8-9/h5-6,9-10H,7-8H2,1-4H3. The van der Waals surface area contributed by atoms with E-state index >= 15 is 0 Å². The van der Waals surface area contributed by atoms with Gasteiger partial charge in [0, 0.05) is 0 Å². The first-order valence-electron chi connectivity index (χ1n) is 5.72. The lowest BCUT2D eigenvalue weighted by Crippen LogP contribution is -2.34. The largest absolute Gasteiger partial charge is 0.460 e. The molecule has 84 valence electrons. The fourth-order valence-corrected chi connectivity index (χ4v) is 2.79. The summed E-state index contributed by atoms with van der Waals surface area (Å²) in [7, 11) is 0. The van der Waals surface area contributed by atoms with Crippen LogP contribution in [0.4, 0.5) is 0 Å². The van der Waals surface area contributed by atoms with E-state index in [1.165, 1.54) is 0 Å². The molecule has 2 nitrogen and oxygen atoms in total. The second-order valence-electron chi connectivity index (χ2n) is 6.15. The molecule has 2 aliphatic rings. The van der Waals surface area contributed by atoms with Gasteiger partial charge in [0.25, 0.3) is 0 Å². The molecule has 15 heavy (non-hydrogen) atoms. The number of esters is 1. The molecular weight excluding hydrogens is 188 g/mol. The minimum absolute atomic E-state index is 0.0168. The zero-order valence-electron chi connectivity index (χ0n) is 10.0. The zero-order valence-corrected chi connectivity index (χ0v) is 10.0. The molecule has 2 bridgehead atoms. The predicted octanol–water partition coefficient (Wildman–Crippen LogP) is 2.93. The fourth-order valence-electron chi connectivity index (χ4n) is 2.79. The van der Waals surface area contributed by atoms with Gasteiger partial charge in [0.1, 0.15) is 5.60 Å². The average Bonchev–Trinajstić information content (AvgIpc) is 2.55. The minimum atomic E-state index is -0.362. The van der Waals surface area contributed by atoms with Crippen molar-refractivity contribution in [3.8, 4) is 0 Å². The highest BCUT2D eigenvalue weighted by atomic mass is 16.6. The van der Waals surface area contributed by atoms with E-state index in [0.717, 1.165) is 12.8 Å². The Morgan fingerprint density at radius 2 is 2.13 bits per heavy atom. The van der Waals surface area contributed by atoms with Gasteiger partial charge in [-0.25, -0.2) is 0 Å². The lowest BCUT2D eigenvalue weighted by Gasteiger charge is -2.29. The molecule has 0 spiro atoms. The molecule has 0 N–H and O–H groups in total. The molecule has 1 fully saturated rings. The first-order valence-corrected chi connectivity index (χ1v) is 5.72. The van der Waals surface area contributed by atoms with Crippen molar-refractivity contribution < 1.29 is 9.53 Å². The molecule has 2 heteroatoms. The zero-order chi connectivity index (χ0) is 11.3. The maximum absolute atomic E-state index is 12.0. The van der Waals surface area contributed by atoms with Crippen molar-refractivity contribution in [1.82, 2.24) is 0 Å². The molecule has 0 heterocycles. The van der Waals surface area contributed by atoms with Crippen molar-refractivity contribution in [1.29, 1.82) is 0 Å². The maximum atomic E-state index is 12.0. The lowest BCUT2D eigenvalue weighted by atomic mass is 9.80. The van der Waals surface area contributed by atoms with E-state index in [1.54, 1.807) is 0 Å². The molecular formula is C13H20O2. The van der Waals surface area contributed by atoms with E-state index in [0.29, 0.717) is 5.92 Å². The van der Waals surface area contributed by atoms with Crippen LogP contribution in [-0.4, -0.2) is 11.6 Å². The third-order valence-electron chi connectivity index (χ3n) is 3.48. The van der Waals surface area contributed by atoms with Crippen molar-refractivity contribution in [3.05, 3.63) is 12.2 Å². The second kappa shape index (κ2) is 3.10. The van der Waals surface area contributed by atoms with E-state index in [4.69, 9.17) is 4.74 Å². The molecule has 3 unspecified atom stereocenters. The molecule has 2 rings (SSSR count). The van der Waals surface area contributed by atoms with Crippen LogP contribution in [0.2, 0.25) is 0 Å². The number of rotatable bonds is 1. The summed E-state index contributed by atoms with van der Waals surface area (Å²) in [5, 5.41) is 0. The van der Waals surface area contributed by atoms with Gasteiger partial charge in [-0.1, -0.05) is 19.1 Å². The first-order chi connectivity index (χ1) is 6.80. The summed E-state index contributed by atoms with van der Waals surface area (Å²) in [5.74, 6) is 0.663. The number of allylic oxidation sites excluding steroid dienone is 2. The Morgan fingerprint density at radius 1 is 1.47 bits per heavy atom. The van der Waals surface area contributed by atoms with Crippen LogP contribution in [0.25, 0.3) is 0 Å². The molecule has 1 saturated carbocycles. The van der Waals surface area contributed by atoms with Gasteiger partial charge in [0.2, 0.25) is 0 Å². The second-order valence-corrected chi connectivity index (χ2v) is 6.15. The molecule has 0 amide bonds. The summed E-state index contributed by atoms with van der Waals surface area (Å²) in [4.78, 5) is 12.0. The third kappa shape index (κ3) is 1.95. The highest BCUT2D eigenvalue weighted by Crippen LogP contribution is 2.53. The third-order valence-corrected chi connectivity index (χ3v) is 3.48. The van der Waals surface area contributed by atoms with Crippen LogP contribution < -0.4 is 0 Å². The number of fused-ring (bicyclic) bond motifs is 2. The van der Waals surface area contributed by atoms with Crippen LogP contribution in [0.1, 0.15) is 40.5 Å². The van der Waals surface area contributed by atoms with Gasteiger partial charge in [-0.05, 0) is 44.9 Å². The Bertz CT molecular complexity index is 311. The van der Waals surface area contributed by atoms with Crippen molar-refractivity contribution in [3.63, 3.8) is 0 Å². The van der Waals surface area contributed by atoms with Crippen molar-refractivity contribution in [2.75, 3.05) is 0 Å². The van der Waals surface area contributed by atoms with Gasteiger partial charge >= 0.3 is 5.97 Å². The predicted molar refractivity (Wildman–Crippen MR) is 59.3 cm³/mol. The van der Waals surface area contributed by atoms with E-state index in [9.17, 15) is 4.79 Å². The summed E-state index contributed by atoms with van der Waals surface area (Å²) < 4.78 is 5.47. The molecule has 0 aliphatic heterocycles. The molecule has 3 atom stereocenters. The lowest BCUT2D eigenvalue weighted by molar-refractivity contribution is -0.162. The van der Waals surface area contributed by atoms with Crippen molar-refractivity contribution in [2.45, 2.75) is 46.1 Å². The maximum Gasteiger partial charge on any atom is 0.310 e. The highest BCUT2D eigenvalue weighted by molar-refractivity contribution is 5.75. The Hall–Kier alpha value is -0.790. The van der Waals surface area contributed by atoms with Gasteiger partial charge in [-0.15, -0.1) is 0 Å². The van der Waals surface area contributed by atoms with Crippen LogP contribution in [0, 0.1) is 17.3 Å². The smallest absolute Gasteiger partial charge is 0.310 e. The molecule has 0 radical (unpaired) electrons. The van der Waals surface area contributed by atoms with Crippen molar-refractivity contribution >= 4 is 5.97 Å². The fraction of sp³-hybridized carbons (Fsp3) is 0.769. The van der Waals surface area contributed by atoms with Crippen LogP contribution in [-0.2, 0) is 9.53 Å². The summed E-state index contributed by atoms with van der Waals surface area (Å²) in [6.45, 7) is 7.95. The SMILES string of the molecule is CC(C)(C)OC(=O)C1CC2C=CC1(C)C2. The quantitative estimate of drug-likeness (QED) is 0.489. The minimum Gasteiger partial charge on any atom is -0.460 e. The van der Waals surface area contributed by atoms with Crippen LogP contribution in [0.5, 0.6) is 0 Å². The van der Waals surface area contributed by atoms with Crippen LogP contribution >= 0.6 is 0 Å². The molecule has 0 aromatic carbocycles. The normalized spacial score (nSPS) is 38.4.